The highest BCUT2D eigenvalue weighted by atomic mass is 35.5. The van der Waals surface area contributed by atoms with Crippen LogP contribution in [0.25, 0.3) is 15.4 Å². The maximum atomic E-state index is 14.7. The molecule has 10 N–H and O–H groups in total. The van der Waals surface area contributed by atoms with Crippen molar-refractivity contribution in [2.75, 3.05) is 92.2 Å². The number of fused-ring (bicyclic) bond motifs is 3. The first kappa shape index (κ1) is 67.2. The van der Waals surface area contributed by atoms with Crippen molar-refractivity contribution in [2.24, 2.45) is 16.1 Å². The standard InChI is InChI=1S/C60H81ClN14O11S2/c1-36-38(3)88-59-51(36)52(41-12-14-43(61)15-13-41)67-46(55-71-69-39(4)75(55)59)30-49(77)63-17-20-83-26-27-86-34-50(78)66-47(28-44-32-73(72-70-44)18-21-84-23-25-85-24-22-82-19-16-62)56(79)68-54(60(5,6)7)58(81)74-33-45(76)29-48(74)57(80)64-31-40-8-10-42(11-9-40)53-37(2)65-35-87-53/h8-15,32,35,45-48,54,70,72,76H,16-31,33-34,62H2,1-7H3,(H,63,77)(H,64,80)(H,66,78)(H,68,79)/p+1/t45-,46?,47?,48+,54-/m1/s1. The van der Waals surface area contributed by atoms with Gasteiger partial charge < -0.3 is 60.7 Å². The zero-order chi connectivity index (χ0) is 62.9. The number of β-amino-alcohol motifs (C(OH)–C–C–N with tert-alkyl or cyclic N) is 1. The Morgan fingerprint density at radius 2 is 1.53 bits per heavy atom. The summed E-state index contributed by atoms with van der Waals surface area (Å²) >= 11 is 9.45. The van der Waals surface area contributed by atoms with Gasteiger partial charge in [0.25, 0.3) is 0 Å². The number of aliphatic hydroxyl groups is 1. The van der Waals surface area contributed by atoms with E-state index in [2.05, 4.69) is 55.7 Å². The van der Waals surface area contributed by atoms with Gasteiger partial charge in [0.05, 0.1) is 112 Å². The lowest BCUT2D eigenvalue weighted by atomic mass is 9.85. The summed E-state index contributed by atoms with van der Waals surface area (Å²) in [6.45, 7) is 16.8. The number of halogens is 1. The van der Waals surface area contributed by atoms with Crippen LogP contribution in [0.1, 0.15) is 90.5 Å². The molecule has 0 saturated carbocycles. The van der Waals surface area contributed by atoms with E-state index in [1.54, 1.807) is 60.7 Å². The second-order valence-corrected chi connectivity index (χ2v) is 25.1. The maximum absolute atomic E-state index is 14.7. The molecule has 2 aromatic carbocycles. The molecule has 0 radical (unpaired) electrons. The summed E-state index contributed by atoms with van der Waals surface area (Å²) in [7, 11) is 0. The molecule has 5 aromatic rings. The van der Waals surface area contributed by atoms with Crippen molar-refractivity contribution in [3.8, 4) is 15.4 Å². The molecule has 3 aliphatic rings. The smallest absolute Gasteiger partial charge is 0.246 e. The first-order valence-corrected chi connectivity index (χ1v) is 31.5. The number of thiazole rings is 1. The molecule has 476 valence electrons. The zero-order valence-electron chi connectivity index (χ0n) is 50.9. The van der Waals surface area contributed by atoms with Crippen LogP contribution in [0, 0.1) is 33.1 Å². The number of aliphatic imine (C=N–C) groups is 1. The van der Waals surface area contributed by atoms with Gasteiger partial charge in [-0.15, -0.1) is 38.4 Å². The van der Waals surface area contributed by atoms with Crippen LogP contribution >= 0.6 is 34.3 Å². The third-order valence-corrected chi connectivity index (χ3v) is 17.3. The van der Waals surface area contributed by atoms with E-state index in [0.29, 0.717) is 75.1 Å². The molecule has 28 heteroatoms. The Hall–Kier alpha value is -6.76. The summed E-state index contributed by atoms with van der Waals surface area (Å²) in [6, 6.07) is 11.2. The van der Waals surface area contributed by atoms with Crippen molar-refractivity contribution in [1.29, 1.82) is 0 Å². The number of hydrogen-bond acceptors (Lipinski definition) is 20. The Kier molecular flexibility index (Phi) is 24.5. The van der Waals surface area contributed by atoms with Crippen LogP contribution in [-0.2, 0) is 54.2 Å². The van der Waals surface area contributed by atoms with E-state index < -0.39 is 65.9 Å². The largest absolute Gasteiger partial charge is 0.391 e. The molecule has 3 aliphatic heterocycles. The Morgan fingerprint density at radius 1 is 0.852 bits per heavy atom. The lowest BCUT2D eigenvalue weighted by molar-refractivity contribution is -0.823. The summed E-state index contributed by atoms with van der Waals surface area (Å²) in [4.78, 5) is 83.2. The highest BCUT2D eigenvalue weighted by Crippen LogP contribution is 2.40. The van der Waals surface area contributed by atoms with Crippen LogP contribution in [0.15, 0.2) is 70.9 Å². The van der Waals surface area contributed by atoms with Crippen molar-refractivity contribution in [3.63, 3.8) is 0 Å². The molecule has 3 aromatic heterocycles. The highest BCUT2D eigenvalue weighted by Gasteiger charge is 2.45. The Balaban J connectivity index is 0.838. The minimum absolute atomic E-state index is 0.00357. The van der Waals surface area contributed by atoms with E-state index in [4.69, 9.17) is 46.0 Å². The molecule has 0 bridgehead atoms. The van der Waals surface area contributed by atoms with E-state index >= 15 is 0 Å². The fourth-order valence-corrected chi connectivity index (χ4v) is 12.3. The molecule has 6 heterocycles. The summed E-state index contributed by atoms with van der Waals surface area (Å²) in [6.07, 6.45) is 0.830. The van der Waals surface area contributed by atoms with Gasteiger partial charge in [0.1, 0.15) is 41.6 Å². The summed E-state index contributed by atoms with van der Waals surface area (Å²) in [5.41, 5.74) is 18.3. The van der Waals surface area contributed by atoms with Gasteiger partial charge >= 0.3 is 0 Å². The Labute approximate surface area is 525 Å². The summed E-state index contributed by atoms with van der Waals surface area (Å²) < 4.78 is 30.0. The fraction of sp³-hybridized carbons (Fsp3) is 0.517. The predicted octanol–water partition coefficient (Wildman–Crippen LogP) is 2.60. The van der Waals surface area contributed by atoms with Gasteiger partial charge in [-0.3, -0.25) is 33.5 Å². The molecule has 5 atom stereocenters. The second kappa shape index (κ2) is 32.1. The number of nitrogens with one attached hydrogen (secondary N) is 5. The minimum atomic E-state index is -1.20. The number of aromatic nitrogens is 4. The number of rotatable bonds is 32. The first-order valence-electron chi connectivity index (χ1n) is 29.4. The van der Waals surface area contributed by atoms with Crippen molar-refractivity contribution < 1.29 is 58.3 Å². The van der Waals surface area contributed by atoms with Crippen LogP contribution in [0.2, 0.25) is 5.02 Å². The molecule has 5 amide bonds. The van der Waals surface area contributed by atoms with Gasteiger partial charge in [0.2, 0.25) is 29.5 Å². The molecule has 0 spiro atoms. The lowest BCUT2D eigenvalue weighted by Crippen LogP contribution is -2.97. The average molecular weight is 1270 g/mol. The van der Waals surface area contributed by atoms with Crippen LogP contribution in [0.4, 0.5) is 0 Å². The quantitative estimate of drug-likeness (QED) is 0.0227. The van der Waals surface area contributed by atoms with Crippen molar-refractivity contribution in [1.82, 2.24) is 56.4 Å². The van der Waals surface area contributed by atoms with Gasteiger partial charge in [-0.2, -0.15) is 0 Å². The predicted molar refractivity (Wildman–Crippen MR) is 332 cm³/mol. The second-order valence-electron chi connectivity index (χ2n) is 22.6. The number of quaternary nitrogens is 1. The van der Waals surface area contributed by atoms with E-state index in [0.717, 1.165) is 54.0 Å². The number of ether oxygens (including phenoxy) is 5. The Morgan fingerprint density at radius 3 is 2.23 bits per heavy atom. The third kappa shape index (κ3) is 18.2. The summed E-state index contributed by atoms with van der Waals surface area (Å²) in [5.74, 6) is -1.27. The average Bonchev–Trinajstić information content (AvgIpc) is 1.68. The molecule has 1 fully saturated rings. The number of hydrogen-bond donors (Lipinski definition) is 8. The number of benzene rings is 2. The summed E-state index contributed by atoms with van der Waals surface area (Å²) in [5, 5.41) is 34.7. The number of aryl methyl sites for hydroxylation is 3. The number of carbonyl (C=O) groups excluding carboxylic acids is 5. The van der Waals surface area contributed by atoms with E-state index in [9.17, 15) is 29.1 Å². The van der Waals surface area contributed by atoms with E-state index in [1.807, 2.05) is 72.0 Å². The number of nitrogens with zero attached hydrogens (tertiary/aromatic N) is 7. The third-order valence-electron chi connectivity index (χ3n) is 14.9. The van der Waals surface area contributed by atoms with Crippen molar-refractivity contribution in [2.45, 2.75) is 105 Å². The molecular formula is C60H82ClN14O11S2+. The topological polar surface area (TPSA) is 317 Å². The Bertz CT molecular complexity index is 3240. The molecule has 1 saturated heterocycles. The van der Waals surface area contributed by atoms with Gasteiger partial charge in [-0.25, -0.2) is 15.4 Å². The van der Waals surface area contributed by atoms with E-state index in [-0.39, 0.29) is 64.6 Å². The molecule has 25 nitrogen and oxygen atoms in total. The van der Waals surface area contributed by atoms with Gasteiger partial charge in [-0.05, 0) is 61.9 Å². The van der Waals surface area contributed by atoms with Gasteiger partial charge in [-0.1, -0.05) is 68.8 Å². The highest BCUT2D eigenvalue weighted by molar-refractivity contribution is 7.15. The van der Waals surface area contributed by atoms with Gasteiger partial charge in [0.15, 0.2) is 5.82 Å². The van der Waals surface area contributed by atoms with E-state index in [1.165, 1.54) is 4.90 Å². The number of nitrogens with two attached hydrogens (primary N) is 2. The van der Waals surface area contributed by atoms with Gasteiger partial charge in [0, 0.05) is 60.0 Å². The van der Waals surface area contributed by atoms with Crippen LogP contribution in [0.3, 0.4) is 0 Å². The number of aliphatic hydroxyl groups excluding tert-OH is 1. The fourth-order valence-electron chi connectivity index (χ4n) is 10.2. The number of amides is 5. The maximum Gasteiger partial charge on any atom is 0.246 e. The zero-order valence-corrected chi connectivity index (χ0v) is 53.3. The molecule has 0 aliphatic carbocycles. The lowest BCUT2D eigenvalue weighted by Gasteiger charge is -2.36. The van der Waals surface area contributed by atoms with Crippen LogP contribution in [-0.4, -0.2) is 186 Å². The monoisotopic (exact) mass is 1270 g/mol. The normalized spacial score (nSPS) is 17.1. The molecule has 8 rings (SSSR count). The minimum Gasteiger partial charge on any atom is -0.391 e. The number of thiophene rings is 1. The molecule has 88 heavy (non-hydrogen) atoms. The van der Waals surface area contributed by atoms with Crippen molar-refractivity contribution in [3.05, 3.63) is 115 Å². The SMILES string of the molecule is Cc1ncsc1-c1ccc(CNC(=O)[C@@H]2C[C@@H](O)CN2C(=O)[C@@H](NC(=O)C(CC2=CN(CCOCCOCCOCCN)[NH2+]N2)NC(=O)COCCOCCNC(=O)CC2N=C(c3ccc(Cl)cc3)c3c(sc(C)c3C)-n3c(C)nnc32)C(C)(C)C)cc1. The number of likely N-dealkylation sites (tertiary alicyclic amines) is 1. The van der Waals surface area contributed by atoms with Crippen LogP contribution < -0.4 is 38.0 Å². The van der Waals surface area contributed by atoms with Crippen molar-refractivity contribution >= 4 is 69.5 Å². The van der Waals surface area contributed by atoms with Crippen LogP contribution in [0.5, 0.6) is 0 Å². The molecule has 2 unspecified atom stereocenters. The molecular weight excluding hydrogens is 1190 g/mol. The number of carbonyl (C=O) groups is 5. The first-order chi connectivity index (χ1) is 42.3.